The molecule has 8 heteroatoms. The molecular weight excluding hydrogens is 476 g/mol. The highest BCUT2D eigenvalue weighted by molar-refractivity contribution is 5.75. The summed E-state index contributed by atoms with van der Waals surface area (Å²) in [7, 11) is 0. The van der Waals surface area contributed by atoms with Gasteiger partial charge in [-0.05, 0) is 53.1 Å². The topological polar surface area (TPSA) is 151 Å². The number of benzene rings is 4. The van der Waals surface area contributed by atoms with Crippen LogP contribution in [0.5, 0.6) is 40.2 Å². The third-order valence-electron chi connectivity index (χ3n) is 6.40. The Bertz CT molecular complexity index is 1490. The van der Waals surface area contributed by atoms with E-state index in [1.165, 1.54) is 48.5 Å². The van der Waals surface area contributed by atoms with E-state index in [-0.39, 0.29) is 34.5 Å². The first kappa shape index (κ1) is 23.9. The van der Waals surface area contributed by atoms with Crippen molar-refractivity contribution in [1.29, 1.82) is 0 Å². The molecule has 1 heterocycles. The van der Waals surface area contributed by atoms with Crippen molar-refractivity contribution in [3.8, 4) is 40.2 Å². The van der Waals surface area contributed by atoms with Gasteiger partial charge in [0.2, 0.25) is 0 Å². The second-order valence-electron chi connectivity index (χ2n) is 8.87. The molecule has 4 aromatic rings. The Hall–Kier alpha value is -4.82. The van der Waals surface area contributed by atoms with Crippen molar-refractivity contribution in [2.45, 2.75) is 18.1 Å². The molecule has 7 N–H and O–H groups in total. The highest BCUT2D eigenvalue weighted by Gasteiger charge is 2.41. The van der Waals surface area contributed by atoms with E-state index >= 15 is 0 Å². The molecule has 4 aromatic carbocycles. The van der Waals surface area contributed by atoms with Gasteiger partial charge in [-0.2, -0.15) is 0 Å². The van der Waals surface area contributed by atoms with E-state index in [0.717, 1.165) is 0 Å². The number of phenolic OH excluding ortho intramolecular Hbond substituents is 6. The molecule has 3 atom stereocenters. The van der Waals surface area contributed by atoms with Crippen LogP contribution in [0, 0.1) is 0 Å². The molecule has 0 saturated carbocycles. The number of ether oxygens (including phenoxy) is 1. The van der Waals surface area contributed by atoms with Crippen LogP contribution in [0.4, 0.5) is 0 Å². The van der Waals surface area contributed by atoms with E-state index in [2.05, 4.69) is 0 Å². The summed E-state index contributed by atoms with van der Waals surface area (Å²) in [6, 6.07) is 17.5. The molecule has 0 bridgehead atoms. The van der Waals surface area contributed by atoms with Crippen LogP contribution in [0.3, 0.4) is 0 Å². The standard InChI is InChI=1S/C29H24O8/c30-18-6-4-16(5-7-18)29-28(36)27(21-9-8-19(31)14-25(21)37-29)26-17(12-20(32)13-24(26)35)3-1-15-2-10-22(33)23(34)11-15/h1-14,27-36H/b3-1+/t27-,28-,29-/m1/s1. The zero-order valence-corrected chi connectivity index (χ0v) is 19.4. The van der Waals surface area contributed by atoms with Gasteiger partial charge in [-0.25, -0.2) is 0 Å². The van der Waals surface area contributed by atoms with E-state index in [4.69, 9.17) is 4.74 Å². The molecule has 8 nitrogen and oxygen atoms in total. The number of aromatic hydroxyl groups is 6. The van der Waals surface area contributed by atoms with Crippen molar-refractivity contribution in [3.63, 3.8) is 0 Å². The lowest BCUT2D eigenvalue weighted by atomic mass is 9.78. The molecular formula is C29H24O8. The van der Waals surface area contributed by atoms with Crippen LogP contribution in [-0.2, 0) is 0 Å². The Morgan fingerprint density at radius 1 is 0.622 bits per heavy atom. The molecule has 0 aromatic heterocycles. The van der Waals surface area contributed by atoms with Crippen LogP contribution in [0.1, 0.15) is 39.8 Å². The highest BCUT2D eigenvalue weighted by atomic mass is 16.5. The average molecular weight is 501 g/mol. The van der Waals surface area contributed by atoms with Gasteiger partial charge in [0.1, 0.15) is 34.9 Å². The molecule has 0 spiro atoms. The summed E-state index contributed by atoms with van der Waals surface area (Å²) in [6.45, 7) is 0. The maximum atomic E-state index is 11.6. The van der Waals surface area contributed by atoms with Crippen LogP contribution in [0.25, 0.3) is 12.2 Å². The normalized spacial score (nSPS) is 18.9. The van der Waals surface area contributed by atoms with E-state index < -0.39 is 18.1 Å². The number of hydrogen-bond acceptors (Lipinski definition) is 8. The number of aliphatic hydroxyl groups excluding tert-OH is 1. The number of rotatable bonds is 4. The quantitative estimate of drug-likeness (QED) is 0.157. The molecule has 0 saturated heterocycles. The lowest BCUT2D eigenvalue weighted by molar-refractivity contribution is 0.00784. The number of aliphatic hydroxyl groups is 1. The summed E-state index contributed by atoms with van der Waals surface area (Å²) in [5.41, 5.74) is 2.32. The van der Waals surface area contributed by atoms with E-state index in [1.807, 2.05) is 0 Å². The van der Waals surface area contributed by atoms with Crippen LogP contribution in [0.2, 0.25) is 0 Å². The van der Waals surface area contributed by atoms with Gasteiger partial charge in [0, 0.05) is 29.2 Å². The van der Waals surface area contributed by atoms with Crippen molar-refractivity contribution in [3.05, 3.63) is 101 Å². The first-order chi connectivity index (χ1) is 17.7. The fraction of sp³-hybridized carbons (Fsp3) is 0.103. The maximum Gasteiger partial charge on any atom is 0.157 e. The molecule has 0 fully saturated rings. The minimum Gasteiger partial charge on any atom is -0.508 e. The molecule has 1 aliphatic rings. The lowest BCUT2D eigenvalue weighted by Gasteiger charge is -2.38. The second-order valence-corrected chi connectivity index (χ2v) is 8.87. The van der Waals surface area contributed by atoms with Crippen molar-refractivity contribution in [2.75, 3.05) is 0 Å². The Balaban J connectivity index is 1.66. The van der Waals surface area contributed by atoms with Crippen molar-refractivity contribution in [1.82, 2.24) is 0 Å². The largest absolute Gasteiger partial charge is 0.508 e. The highest BCUT2D eigenvalue weighted by Crippen LogP contribution is 2.50. The summed E-state index contributed by atoms with van der Waals surface area (Å²) in [5.74, 6) is -1.55. The maximum absolute atomic E-state index is 11.6. The van der Waals surface area contributed by atoms with Crippen LogP contribution < -0.4 is 4.74 Å². The summed E-state index contributed by atoms with van der Waals surface area (Å²) in [5, 5.41) is 72.0. The van der Waals surface area contributed by atoms with Gasteiger partial charge >= 0.3 is 0 Å². The zero-order chi connectivity index (χ0) is 26.3. The molecule has 0 amide bonds. The van der Waals surface area contributed by atoms with Crippen molar-refractivity contribution in [2.24, 2.45) is 0 Å². The van der Waals surface area contributed by atoms with Crippen LogP contribution >= 0.6 is 0 Å². The monoisotopic (exact) mass is 500 g/mol. The predicted octanol–water partition coefficient (Wildman–Crippen LogP) is 4.72. The molecule has 37 heavy (non-hydrogen) atoms. The van der Waals surface area contributed by atoms with Gasteiger partial charge in [0.05, 0.1) is 0 Å². The summed E-state index contributed by atoms with van der Waals surface area (Å²) < 4.78 is 6.07. The van der Waals surface area contributed by atoms with Crippen LogP contribution in [-0.4, -0.2) is 41.8 Å². The number of phenols is 6. The molecule has 0 unspecified atom stereocenters. The van der Waals surface area contributed by atoms with Gasteiger partial charge in [0.25, 0.3) is 0 Å². The lowest BCUT2D eigenvalue weighted by Crippen LogP contribution is -2.35. The van der Waals surface area contributed by atoms with Gasteiger partial charge in [0.15, 0.2) is 17.6 Å². The minimum absolute atomic E-state index is 0.0412. The average Bonchev–Trinajstić information content (AvgIpc) is 2.85. The first-order valence-corrected chi connectivity index (χ1v) is 11.4. The Morgan fingerprint density at radius 3 is 2.08 bits per heavy atom. The van der Waals surface area contributed by atoms with E-state index in [0.29, 0.717) is 33.6 Å². The number of fused-ring (bicyclic) bond motifs is 1. The summed E-state index contributed by atoms with van der Waals surface area (Å²) in [4.78, 5) is 0. The third kappa shape index (κ3) is 4.57. The Morgan fingerprint density at radius 2 is 1.35 bits per heavy atom. The van der Waals surface area contributed by atoms with Crippen molar-refractivity contribution < 1.29 is 40.5 Å². The van der Waals surface area contributed by atoms with Gasteiger partial charge in [-0.15, -0.1) is 0 Å². The fourth-order valence-corrected chi connectivity index (χ4v) is 4.65. The second kappa shape index (κ2) is 9.33. The summed E-state index contributed by atoms with van der Waals surface area (Å²) in [6.07, 6.45) is 1.12. The van der Waals surface area contributed by atoms with E-state index in [9.17, 15) is 35.7 Å². The molecule has 5 rings (SSSR count). The fourth-order valence-electron chi connectivity index (χ4n) is 4.65. The smallest absolute Gasteiger partial charge is 0.157 e. The van der Waals surface area contributed by atoms with Crippen LogP contribution in [0.15, 0.2) is 72.8 Å². The molecule has 0 aliphatic carbocycles. The van der Waals surface area contributed by atoms with E-state index in [1.54, 1.807) is 36.4 Å². The Kier molecular flexibility index (Phi) is 6.02. The molecule has 188 valence electrons. The Labute approximate surface area is 211 Å². The third-order valence-corrected chi connectivity index (χ3v) is 6.40. The predicted molar refractivity (Wildman–Crippen MR) is 136 cm³/mol. The van der Waals surface area contributed by atoms with Crippen molar-refractivity contribution >= 4 is 12.2 Å². The first-order valence-electron chi connectivity index (χ1n) is 11.4. The SMILES string of the molecule is Oc1ccc([C@H]2Oc3cc(O)ccc3[C@H](c3c(O)cc(O)cc3/C=C/c3ccc(O)c(O)c3)[C@H]2O)cc1. The molecule has 1 aliphatic heterocycles. The summed E-state index contributed by atoms with van der Waals surface area (Å²) >= 11 is 0. The molecule has 0 radical (unpaired) electrons. The van der Waals surface area contributed by atoms with Gasteiger partial charge in [-0.1, -0.05) is 36.4 Å². The van der Waals surface area contributed by atoms with Gasteiger partial charge < -0.3 is 40.5 Å². The number of hydrogen-bond donors (Lipinski definition) is 7. The zero-order valence-electron chi connectivity index (χ0n) is 19.4. The minimum atomic E-state index is -1.21. The van der Waals surface area contributed by atoms with Gasteiger partial charge in [-0.3, -0.25) is 0 Å².